The first-order valence-corrected chi connectivity index (χ1v) is 3.59. The SMILES string of the molecule is Cn1nc(Cl)c2ccncc21. The van der Waals surface area contributed by atoms with Crippen molar-refractivity contribution >= 4 is 22.5 Å². The molecule has 0 amide bonds. The Morgan fingerprint density at radius 1 is 1.55 bits per heavy atom. The van der Waals surface area contributed by atoms with Gasteiger partial charge < -0.3 is 0 Å². The number of fused-ring (bicyclic) bond motifs is 1. The molecular weight excluding hydrogens is 162 g/mol. The van der Waals surface area contributed by atoms with E-state index in [1.165, 1.54) is 0 Å². The van der Waals surface area contributed by atoms with Gasteiger partial charge in [0.2, 0.25) is 0 Å². The number of nitrogens with zero attached hydrogens (tertiary/aromatic N) is 3. The summed E-state index contributed by atoms with van der Waals surface area (Å²) in [6.45, 7) is 0. The Bertz CT molecular complexity index is 357. The van der Waals surface area contributed by atoms with Crippen LogP contribution >= 0.6 is 11.6 Å². The van der Waals surface area contributed by atoms with E-state index in [0.29, 0.717) is 5.15 Å². The molecule has 0 saturated carbocycles. The largest absolute Gasteiger partial charge is 0.265 e. The molecule has 4 heteroatoms. The Morgan fingerprint density at radius 2 is 2.36 bits per heavy atom. The molecule has 0 fully saturated rings. The normalized spacial score (nSPS) is 10.7. The van der Waals surface area contributed by atoms with Crippen LogP contribution in [0.1, 0.15) is 0 Å². The van der Waals surface area contributed by atoms with E-state index in [-0.39, 0.29) is 0 Å². The van der Waals surface area contributed by atoms with Crippen LogP contribution in [0.25, 0.3) is 10.9 Å². The van der Waals surface area contributed by atoms with Crippen LogP contribution in [0.5, 0.6) is 0 Å². The van der Waals surface area contributed by atoms with Crippen LogP contribution in [-0.4, -0.2) is 14.8 Å². The van der Waals surface area contributed by atoms with E-state index in [1.54, 1.807) is 17.1 Å². The van der Waals surface area contributed by atoms with Gasteiger partial charge >= 0.3 is 0 Å². The van der Waals surface area contributed by atoms with Crippen LogP contribution in [0.2, 0.25) is 5.15 Å². The lowest BCUT2D eigenvalue weighted by Crippen LogP contribution is -1.88. The van der Waals surface area contributed by atoms with E-state index in [9.17, 15) is 0 Å². The van der Waals surface area contributed by atoms with E-state index in [4.69, 9.17) is 11.6 Å². The van der Waals surface area contributed by atoms with Crippen LogP contribution < -0.4 is 0 Å². The van der Waals surface area contributed by atoms with Crippen molar-refractivity contribution in [2.45, 2.75) is 0 Å². The Hall–Kier alpha value is -1.09. The Morgan fingerprint density at radius 3 is 3.09 bits per heavy atom. The zero-order chi connectivity index (χ0) is 7.84. The summed E-state index contributed by atoms with van der Waals surface area (Å²) in [5.41, 5.74) is 0.956. The van der Waals surface area contributed by atoms with E-state index in [0.717, 1.165) is 10.9 Å². The lowest BCUT2D eigenvalue weighted by molar-refractivity contribution is 0.796. The molecule has 0 aliphatic rings. The fraction of sp³-hybridized carbons (Fsp3) is 0.143. The molecule has 2 aromatic heterocycles. The van der Waals surface area contributed by atoms with Crippen molar-refractivity contribution in [3.63, 3.8) is 0 Å². The van der Waals surface area contributed by atoms with Crippen molar-refractivity contribution in [1.29, 1.82) is 0 Å². The molecule has 2 heterocycles. The summed E-state index contributed by atoms with van der Waals surface area (Å²) in [6, 6.07) is 1.85. The topological polar surface area (TPSA) is 30.7 Å². The average molecular weight is 168 g/mol. The van der Waals surface area contributed by atoms with Crippen LogP contribution in [0.3, 0.4) is 0 Å². The number of pyridine rings is 1. The first-order chi connectivity index (χ1) is 5.29. The second-order valence-corrected chi connectivity index (χ2v) is 2.67. The fourth-order valence-electron chi connectivity index (χ4n) is 1.06. The van der Waals surface area contributed by atoms with Gasteiger partial charge in [-0.05, 0) is 6.07 Å². The second kappa shape index (κ2) is 2.20. The zero-order valence-corrected chi connectivity index (χ0v) is 6.71. The third kappa shape index (κ3) is 0.886. The third-order valence-electron chi connectivity index (χ3n) is 1.61. The maximum Gasteiger partial charge on any atom is 0.159 e. The molecule has 2 aromatic rings. The lowest BCUT2D eigenvalue weighted by atomic mass is 10.3. The highest BCUT2D eigenvalue weighted by Crippen LogP contribution is 2.19. The standard InChI is InChI=1S/C7H6ClN3/c1-11-6-4-9-3-2-5(6)7(8)10-11/h2-4H,1H3. The molecule has 0 unspecified atom stereocenters. The Balaban J connectivity index is 2.95. The molecule has 56 valence electrons. The van der Waals surface area contributed by atoms with Gasteiger partial charge in [-0.25, -0.2) is 0 Å². The van der Waals surface area contributed by atoms with Crippen molar-refractivity contribution in [2.75, 3.05) is 0 Å². The smallest absolute Gasteiger partial charge is 0.159 e. The summed E-state index contributed by atoms with van der Waals surface area (Å²) in [4.78, 5) is 3.97. The van der Waals surface area contributed by atoms with Crippen LogP contribution in [0, 0.1) is 0 Å². The van der Waals surface area contributed by atoms with Crippen molar-refractivity contribution in [2.24, 2.45) is 7.05 Å². The highest BCUT2D eigenvalue weighted by molar-refractivity contribution is 6.34. The summed E-state index contributed by atoms with van der Waals surface area (Å²) in [5.74, 6) is 0. The first kappa shape index (κ1) is 6.61. The van der Waals surface area contributed by atoms with E-state index in [2.05, 4.69) is 10.1 Å². The van der Waals surface area contributed by atoms with Crippen LogP contribution in [0.15, 0.2) is 18.5 Å². The molecule has 2 rings (SSSR count). The predicted octanol–water partition coefficient (Wildman–Crippen LogP) is 1.62. The molecule has 0 aromatic carbocycles. The maximum absolute atomic E-state index is 5.82. The molecule has 3 nitrogen and oxygen atoms in total. The molecule has 0 radical (unpaired) electrons. The van der Waals surface area contributed by atoms with E-state index < -0.39 is 0 Å². The summed E-state index contributed by atoms with van der Waals surface area (Å²) >= 11 is 5.82. The van der Waals surface area contributed by atoms with Gasteiger partial charge in [0.25, 0.3) is 0 Å². The summed E-state index contributed by atoms with van der Waals surface area (Å²) in [5, 5.41) is 5.51. The zero-order valence-electron chi connectivity index (χ0n) is 5.95. The van der Waals surface area contributed by atoms with E-state index >= 15 is 0 Å². The van der Waals surface area contributed by atoms with Crippen molar-refractivity contribution in [1.82, 2.24) is 14.8 Å². The maximum atomic E-state index is 5.82. The van der Waals surface area contributed by atoms with E-state index in [1.807, 2.05) is 13.1 Å². The van der Waals surface area contributed by atoms with Gasteiger partial charge in [-0.3, -0.25) is 9.67 Å². The highest BCUT2D eigenvalue weighted by atomic mass is 35.5. The number of rotatable bonds is 0. The molecule has 0 aliphatic carbocycles. The summed E-state index contributed by atoms with van der Waals surface area (Å²) in [7, 11) is 1.84. The highest BCUT2D eigenvalue weighted by Gasteiger charge is 2.03. The molecule has 0 bridgehead atoms. The minimum atomic E-state index is 0.532. The number of aromatic nitrogens is 3. The van der Waals surface area contributed by atoms with Crippen molar-refractivity contribution < 1.29 is 0 Å². The van der Waals surface area contributed by atoms with Crippen molar-refractivity contribution in [3.8, 4) is 0 Å². The number of hydrogen-bond donors (Lipinski definition) is 0. The molecule has 11 heavy (non-hydrogen) atoms. The number of halogens is 1. The quantitative estimate of drug-likeness (QED) is 0.597. The van der Waals surface area contributed by atoms with Crippen LogP contribution in [-0.2, 0) is 7.05 Å². The van der Waals surface area contributed by atoms with Gasteiger partial charge in [-0.15, -0.1) is 0 Å². The van der Waals surface area contributed by atoms with Gasteiger partial charge in [0.15, 0.2) is 5.15 Å². The van der Waals surface area contributed by atoms with Crippen LogP contribution in [0.4, 0.5) is 0 Å². The Kier molecular flexibility index (Phi) is 1.32. The van der Waals surface area contributed by atoms with Gasteiger partial charge in [0.1, 0.15) is 0 Å². The minimum absolute atomic E-state index is 0.532. The molecular formula is C7H6ClN3. The molecule has 0 aliphatic heterocycles. The monoisotopic (exact) mass is 167 g/mol. The lowest BCUT2D eigenvalue weighted by Gasteiger charge is -1.89. The fourth-order valence-corrected chi connectivity index (χ4v) is 1.33. The third-order valence-corrected chi connectivity index (χ3v) is 1.89. The molecule has 0 saturated heterocycles. The number of aryl methyl sites for hydroxylation is 1. The van der Waals surface area contributed by atoms with Crippen molar-refractivity contribution in [3.05, 3.63) is 23.6 Å². The minimum Gasteiger partial charge on any atom is -0.265 e. The second-order valence-electron chi connectivity index (χ2n) is 2.31. The number of hydrogen-bond acceptors (Lipinski definition) is 2. The molecule has 0 spiro atoms. The molecule has 0 atom stereocenters. The van der Waals surface area contributed by atoms with Gasteiger partial charge in [-0.1, -0.05) is 11.6 Å². The molecule has 0 N–H and O–H groups in total. The Labute approximate surface area is 68.6 Å². The first-order valence-electron chi connectivity index (χ1n) is 3.21. The van der Waals surface area contributed by atoms with Gasteiger partial charge in [-0.2, -0.15) is 5.10 Å². The summed E-state index contributed by atoms with van der Waals surface area (Å²) < 4.78 is 1.71. The van der Waals surface area contributed by atoms with Gasteiger partial charge in [0, 0.05) is 18.6 Å². The average Bonchev–Trinajstić information content (AvgIpc) is 2.30. The van der Waals surface area contributed by atoms with Gasteiger partial charge in [0.05, 0.1) is 11.7 Å². The predicted molar refractivity (Wildman–Crippen MR) is 43.5 cm³/mol. The summed E-state index contributed by atoms with van der Waals surface area (Å²) in [6.07, 6.45) is 3.45.